The molecule has 1 N–H and O–H groups in total. The minimum Gasteiger partial charge on any atom is -0.353 e. The molecule has 8 heteroatoms. The van der Waals surface area contributed by atoms with Crippen LogP contribution in [0.3, 0.4) is 0 Å². The van der Waals surface area contributed by atoms with Crippen LogP contribution in [0.2, 0.25) is 0 Å². The number of halogens is 1. The minimum absolute atomic E-state index is 0.0196. The summed E-state index contributed by atoms with van der Waals surface area (Å²) in [6.45, 7) is 11.5. The highest BCUT2D eigenvalue weighted by atomic mass is 19.1. The van der Waals surface area contributed by atoms with Crippen molar-refractivity contribution >= 4 is 5.91 Å². The van der Waals surface area contributed by atoms with Gasteiger partial charge in [0, 0.05) is 37.8 Å². The summed E-state index contributed by atoms with van der Waals surface area (Å²) in [5.41, 5.74) is 1.29. The van der Waals surface area contributed by atoms with E-state index in [1.54, 1.807) is 19.1 Å². The summed E-state index contributed by atoms with van der Waals surface area (Å²) in [5, 5.41) is 7.08. The second kappa shape index (κ2) is 9.45. The van der Waals surface area contributed by atoms with Gasteiger partial charge in [-0.05, 0) is 51.0 Å². The number of rotatable bonds is 7. The fourth-order valence-corrected chi connectivity index (χ4v) is 3.40. The van der Waals surface area contributed by atoms with E-state index < -0.39 is 0 Å². The van der Waals surface area contributed by atoms with Gasteiger partial charge < -0.3 is 9.84 Å². The molecule has 7 nitrogen and oxygen atoms in total. The first-order valence-electron chi connectivity index (χ1n) is 10.2. The van der Waals surface area contributed by atoms with Crippen LogP contribution in [0, 0.1) is 12.7 Å². The van der Waals surface area contributed by atoms with E-state index in [2.05, 4.69) is 32.2 Å². The molecule has 0 bridgehead atoms. The first kappa shape index (κ1) is 21.4. The average molecular weight is 404 g/mol. The zero-order valence-corrected chi connectivity index (χ0v) is 17.6. The Labute approximate surface area is 171 Å². The Morgan fingerprint density at radius 3 is 2.66 bits per heavy atom. The Kier molecular flexibility index (Phi) is 6.97. The molecule has 1 aliphatic heterocycles. The van der Waals surface area contributed by atoms with Crippen LogP contribution in [0.25, 0.3) is 11.4 Å². The molecular weight excluding hydrogens is 373 g/mol. The highest BCUT2D eigenvalue weighted by molar-refractivity contribution is 5.78. The Hall–Kier alpha value is -2.32. The van der Waals surface area contributed by atoms with Gasteiger partial charge in [-0.2, -0.15) is 4.98 Å². The smallest absolute Gasteiger partial charge is 0.244 e. The number of hydrogen-bond donors (Lipinski definition) is 1. The van der Waals surface area contributed by atoms with Gasteiger partial charge in [0.15, 0.2) is 0 Å². The van der Waals surface area contributed by atoms with E-state index in [1.807, 2.05) is 13.8 Å². The van der Waals surface area contributed by atoms with Crippen LogP contribution in [0.1, 0.15) is 44.7 Å². The van der Waals surface area contributed by atoms with E-state index in [1.165, 1.54) is 6.07 Å². The summed E-state index contributed by atoms with van der Waals surface area (Å²) in [4.78, 5) is 21.0. The number of carbonyl (C=O) groups excluding carboxylic acids is 1. The molecule has 2 aromatic rings. The molecule has 29 heavy (non-hydrogen) atoms. The molecule has 2 atom stereocenters. The van der Waals surface area contributed by atoms with Crippen LogP contribution in [0.5, 0.6) is 0 Å². The quantitative estimate of drug-likeness (QED) is 0.766. The Bertz CT molecular complexity index is 832. The highest BCUT2D eigenvalue weighted by Gasteiger charge is 2.27. The first-order valence-corrected chi connectivity index (χ1v) is 10.2. The van der Waals surface area contributed by atoms with Crippen LogP contribution >= 0.6 is 0 Å². The molecule has 0 spiro atoms. The molecule has 0 radical (unpaired) electrons. The van der Waals surface area contributed by atoms with E-state index in [0.717, 1.165) is 38.2 Å². The molecule has 2 unspecified atom stereocenters. The number of carbonyl (C=O) groups is 1. The molecule has 2 heterocycles. The van der Waals surface area contributed by atoms with E-state index in [-0.39, 0.29) is 23.8 Å². The lowest BCUT2D eigenvalue weighted by molar-refractivity contribution is -0.123. The van der Waals surface area contributed by atoms with Gasteiger partial charge in [0.2, 0.25) is 17.6 Å². The molecule has 0 aliphatic carbocycles. The molecule has 158 valence electrons. The molecule has 1 aromatic heterocycles. The fourth-order valence-electron chi connectivity index (χ4n) is 3.40. The minimum atomic E-state index is -0.249. The van der Waals surface area contributed by atoms with Gasteiger partial charge in [0.25, 0.3) is 0 Å². The number of amides is 1. The van der Waals surface area contributed by atoms with Gasteiger partial charge in [0.05, 0.1) is 12.6 Å². The summed E-state index contributed by atoms with van der Waals surface area (Å²) >= 11 is 0. The fraction of sp³-hybridized carbons (Fsp3) is 0.571. The molecule has 3 rings (SSSR count). The van der Waals surface area contributed by atoms with Gasteiger partial charge >= 0.3 is 0 Å². The lowest BCUT2D eigenvalue weighted by Gasteiger charge is -2.36. The summed E-state index contributed by atoms with van der Waals surface area (Å²) in [5.74, 6) is 0.846. The molecule has 0 saturated carbocycles. The van der Waals surface area contributed by atoms with Crippen LogP contribution in [-0.4, -0.2) is 64.6 Å². The maximum Gasteiger partial charge on any atom is 0.244 e. The lowest BCUT2D eigenvalue weighted by atomic mass is 10.1. The van der Waals surface area contributed by atoms with Crippen molar-refractivity contribution in [3.05, 3.63) is 35.5 Å². The molecule has 1 fully saturated rings. The second-order valence-corrected chi connectivity index (χ2v) is 7.79. The van der Waals surface area contributed by atoms with E-state index in [0.29, 0.717) is 23.8 Å². The zero-order chi connectivity index (χ0) is 21.0. The van der Waals surface area contributed by atoms with Crippen molar-refractivity contribution in [3.8, 4) is 11.4 Å². The van der Waals surface area contributed by atoms with E-state index >= 15 is 0 Å². The topological polar surface area (TPSA) is 74.5 Å². The molecule has 1 aromatic carbocycles. The lowest BCUT2D eigenvalue weighted by Crippen LogP contribution is -2.50. The van der Waals surface area contributed by atoms with Crippen molar-refractivity contribution in [2.75, 3.05) is 32.7 Å². The van der Waals surface area contributed by atoms with E-state index in [4.69, 9.17) is 4.52 Å². The van der Waals surface area contributed by atoms with Crippen LogP contribution in [-0.2, 0) is 4.79 Å². The van der Waals surface area contributed by atoms with Crippen molar-refractivity contribution < 1.29 is 13.7 Å². The van der Waals surface area contributed by atoms with Crippen molar-refractivity contribution in [1.29, 1.82) is 0 Å². The number of aromatic nitrogens is 2. The molecule has 1 aliphatic rings. The monoisotopic (exact) mass is 403 g/mol. The maximum atomic E-state index is 13.5. The SMILES string of the molecule is CCC(C)NC(=O)CN1CCN(C(C)c2nc(-c3ccc(F)c(C)c3)no2)CC1. The largest absolute Gasteiger partial charge is 0.353 e. The predicted octanol–water partition coefficient (Wildman–Crippen LogP) is 2.78. The van der Waals surface area contributed by atoms with Gasteiger partial charge in [-0.3, -0.25) is 14.6 Å². The number of piperazine rings is 1. The van der Waals surface area contributed by atoms with E-state index in [9.17, 15) is 9.18 Å². The third-order valence-electron chi connectivity index (χ3n) is 5.56. The summed E-state index contributed by atoms with van der Waals surface area (Å²) in [6.07, 6.45) is 0.931. The second-order valence-electron chi connectivity index (χ2n) is 7.79. The number of aryl methyl sites for hydroxylation is 1. The Balaban J connectivity index is 1.54. The average Bonchev–Trinajstić information content (AvgIpc) is 3.20. The van der Waals surface area contributed by atoms with Crippen molar-refractivity contribution in [1.82, 2.24) is 25.3 Å². The van der Waals surface area contributed by atoms with Crippen LogP contribution in [0.4, 0.5) is 4.39 Å². The van der Waals surface area contributed by atoms with Gasteiger partial charge in [-0.15, -0.1) is 0 Å². The van der Waals surface area contributed by atoms with Gasteiger partial charge in [-0.1, -0.05) is 12.1 Å². The number of nitrogens with one attached hydrogen (secondary N) is 1. The summed E-state index contributed by atoms with van der Waals surface area (Å²) in [7, 11) is 0. The normalized spacial score (nSPS) is 17.8. The standard InChI is InChI=1S/C21H30FN5O2/c1-5-15(3)23-19(28)13-26-8-10-27(11-9-26)16(4)21-24-20(25-29-21)17-6-7-18(22)14(2)12-17/h6-7,12,15-16H,5,8-11,13H2,1-4H3,(H,23,28). The third-order valence-corrected chi connectivity index (χ3v) is 5.56. The molecule has 1 amide bonds. The zero-order valence-electron chi connectivity index (χ0n) is 17.6. The van der Waals surface area contributed by atoms with Gasteiger partial charge in [-0.25, -0.2) is 4.39 Å². The maximum absolute atomic E-state index is 13.5. The van der Waals surface area contributed by atoms with Crippen LogP contribution < -0.4 is 5.32 Å². The number of hydrogen-bond acceptors (Lipinski definition) is 6. The Morgan fingerprint density at radius 1 is 1.28 bits per heavy atom. The third kappa shape index (κ3) is 5.39. The number of nitrogens with zero attached hydrogens (tertiary/aromatic N) is 4. The number of benzene rings is 1. The van der Waals surface area contributed by atoms with Crippen LogP contribution in [0.15, 0.2) is 22.7 Å². The van der Waals surface area contributed by atoms with Gasteiger partial charge in [0.1, 0.15) is 5.82 Å². The van der Waals surface area contributed by atoms with Crippen molar-refractivity contribution in [2.24, 2.45) is 0 Å². The molecular formula is C21H30FN5O2. The summed E-state index contributed by atoms with van der Waals surface area (Å²) < 4.78 is 19.0. The highest BCUT2D eigenvalue weighted by Crippen LogP contribution is 2.24. The summed E-state index contributed by atoms with van der Waals surface area (Å²) in [6, 6.07) is 4.98. The Morgan fingerprint density at radius 2 is 2.00 bits per heavy atom. The first-order chi connectivity index (χ1) is 13.9. The van der Waals surface area contributed by atoms with Crippen molar-refractivity contribution in [3.63, 3.8) is 0 Å². The molecule has 1 saturated heterocycles. The predicted molar refractivity (Wildman–Crippen MR) is 109 cm³/mol. The van der Waals surface area contributed by atoms with Crippen molar-refractivity contribution in [2.45, 2.75) is 46.2 Å².